The molecule has 3 rings (SSSR count). The van der Waals surface area contributed by atoms with Crippen molar-refractivity contribution in [2.45, 2.75) is 6.92 Å². The fourth-order valence-corrected chi connectivity index (χ4v) is 2.17. The number of fused-ring (bicyclic) bond motifs is 1. The average molecular weight is 296 g/mol. The normalized spacial score (nSPS) is 10.6. The maximum absolute atomic E-state index is 12.2. The number of para-hydroxylation sites is 2. The zero-order valence-electron chi connectivity index (χ0n) is 12.2. The number of hydrogen-bond donors (Lipinski definition) is 0. The van der Waals surface area contributed by atoms with Crippen LogP contribution in [0.5, 0.6) is 11.5 Å². The van der Waals surface area contributed by atoms with E-state index in [9.17, 15) is 4.79 Å². The summed E-state index contributed by atoms with van der Waals surface area (Å²) in [5.74, 6) is 1.24. The summed E-state index contributed by atoms with van der Waals surface area (Å²) in [7, 11) is 0. The van der Waals surface area contributed by atoms with E-state index in [-0.39, 0.29) is 12.5 Å². The van der Waals surface area contributed by atoms with Gasteiger partial charge in [0.05, 0.1) is 17.6 Å². The average Bonchev–Trinajstić information content (AvgIpc) is 2.98. The molecule has 5 nitrogen and oxygen atoms in total. The predicted molar refractivity (Wildman–Crippen MR) is 83.5 cm³/mol. The van der Waals surface area contributed by atoms with Crippen LogP contribution in [0.2, 0.25) is 0 Å². The van der Waals surface area contributed by atoms with Crippen LogP contribution in [0.4, 0.5) is 0 Å². The second-order valence-electron chi connectivity index (χ2n) is 4.69. The van der Waals surface area contributed by atoms with Crippen molar-refractivity contribution in [3.63, 3.8) is 0 Å². The highest BCUT2D eigenvalue weighted by Gasteiger charge is 2.10. The number of aromatic nitrogens is 2. The van der Waals surface area contributed by atoms with Crippen LogP contribution in [0.3, 0.4) is 0 Å². The third-order valence-corrected chi connectivity index (χ3v) is 3.22. The molecule has 0 atom stereocenters. The molecule has 0 aliphatic heterocycles. The van der Waals surface area contributed by atoms with E-state index in [4.69, 9.17) is 9.47 Å². The number of rotatable bonds is 5. The summed E-state index contributed by atoms with van der Waals surface area (Å²) in [6, 6.07) is 14.7. The van der Waals surface area contributed by atoms with Crippen LogP contribution in [0.25, 0.3) is 11.0 Å². The van der Waals surface area contributed by atoms with Crippen molar-refractivity contribution in [3.8, 4) is 11.5 Å². The molecule has 2 aromatic carbocycles. The van der Waals surface area contributed by atoms with Crippen molar-refractivity contribution in [1.82, 2.24) is 9.55 Å². The zero-order chi connectivity index (χ0) is 15.4. The molecule has 0 unspecified atom stereocenters. The lowest BCUT2D eigenvalue weighted by Gasteiger charge is -2.08. The molecule has 0 aliphatic carbocycles. The molecule has 0 saturated heterocycles. The Morgan fingerprint density at radius 3 is 2.45 bits per heavy atom. The Hall–Kier alpha value is -2.82. The SMILES string of the molecule is CCOc1ccc(OCC(=O)n2cnc3ccccc32)cc1. The summed E-state index contributed by atoms with van der Waals surface area (Å²) in [6.07, 6.45) is 1.52. The van der Waals surface area contributed by atoms with Gasteiger partial charge in [-0.3, -0.25) is 9.36 Å². The van der Waals surface area contributed by atoms with Crippen LogP contribution in [0, 0.1) is 0 Å². The lowest BCUT2D eigenvalue weighted by molar-refractivity contribution is 0.0842. The molecule has 0 bridgehead atoms. The van der Waals surface area contributed by atoms with Crippen molar-refractivity contribution in [1.29, 1.82) is 0 Å². The highest BCUT2D eigenvalue weighted by molar-refractivity contribution is 5.90. The third kappa shape index (κ3) is 2.93. The smallest absolute Gasteiger partial charge is 0.270 e. The Morgan fingerprint density at radius 1 is 1.05 bits per heavy atom. The van der Waals surface area contributed by atoms with Crippen LogP contribution in [0.15, 0.2) is 54.9 Å². The topological polar surface area (TPSA) is 53.4 Å². The van der Waals surface area contributed by atoms with Crippen LogP contribution in [-0.2, 0) is 0 Å². The van der Waals surface area contributed by atoms with Gasteiger partial charge in [0.25, 0.3) is 5.91 Å². The minimum atomic E-state index is -0.164. The molecular weight excluding hydrogens is 280 g/mol. The lowest BCUT2D eigenvalue weighted by atomic mass is 10.3. The Balaban J connectivity index is 1.67. The number of ether oxygens (including phenoxy) is 2. The fraction of sp³-hybridized carbons (Fsp3) is 0.176. The molecule has 1 heterocycles. The number of nitrogens with zero attached hydrogens (tertiary/aromatic N) is 2. The molecule has 0 saturated carbocycles. The minimum Gasteiger partial charge on any atom is -0.494 e. The van der Waals surface area contributed by atoms with Gasteiger partial charge in [-0.2, -0.15) is 0 Å². The van der Waals surface area contributed by atoms with Crippen LogP contribution < -0.4 is 9.47 Å². The summed E-state index contributed by atoms with van der Waals surface area (Å²) in [5, 5.41) is 0. The van der Waals surface area contributed by atoms with Gasteiger partial charge in [0.15, 0.2) is 6.61 Å². The largest absolute Gasteiger partial charge is 0.494 e. The van der Waals surface area contributed by atoms with Gasteiger partial charge in [-0.25, -0.2) is 4.98 Å². The highest BCUT2D eigenvalue weighted by Crippen LogP contribution is 2.18. The summed E-state index contributed by atoms with van der Waals surface area (Å²) < 4.78 is 12.4. The van der Waals surface area contributed by atoms with Crippen LogP contribution in [-0.4, -0.2) is 28.7 Å². The molecule has 3 aromatic rings. The first-order valence-electron chi connectivity index (χ1n) is 7.09. The number of carbonyl (C=O) groups excluding carboxylic acids is 1. The summed E-state index contributed by atoms with van der Waals surface area (Å²) in [5.41, 5.74) is 1.57. The van der Waals surface area contributed by atoms with Gasteiger partial charge in [0.1, 0.15) is 17.8 Å². The molecule has 0 amide bonds. The van der Waals surface area contributed by atoms with Crippen molar-refractivity contribution in [3.05, 3.63) is 54.9 Å². The van der Waals surface area contributed by atoms with Gasteiger partial charge >= 0.3 is 0 Å². The number of carbonyl (C=O) groups is 1. The van der Waals surface area contributed by atoms with Crippen molar-refractivity contribution < 1.29 is 14.3 Å². The molecule has 112 valence electrons. The van der Waals surface area contributed by atoms with Gasteiger partial charge in [-0.05, 0) is 43.3 Å². The Kier molecular flexibility index (Phi) is 4.05. The van der Waals surface area contributed by atoms with Gasteiger partial charge in [0, 0.05) is 0 Å². The van der Waals surface area contributed by atoms with Crippen LogP contribution in [0.1, 0.15) is 11.7 Å². The quantitative estimate of drug-likeness (QED) is 0.725. The Morgan fingerprint density at radius 2 is 1.73 bits per heavy atom. The molecular formula is C17H16N2O3. The highest BCUT2D eigenvalue weighted by atomic mass is 16.5. The molecule has 5 heteroatoms. The monoisotopic (exact) mass is 296 g/mol. The fourth-order valence-electron chi connectivity index (χ4n) is 2.17. The van der Waals surface area contributed by atoms with Crippen molar-refractivity contribution in [2.75, 3.05) is 13.2 Å². The van der Waals surface area contributed by atoms with Gasteiger partial charge in [-0.15, -0.1) is 0 Å². The van der Waals surface area contributed by atoms with Gasteiger partial charge in [0.2, 0.25) is 0 Å². The molecule has 0 spiro atoms. The van der Waals surface area contributed by atoms with Crippen LogP contribution >= 0.6 is 0 Å². The van der Waals surface area contributed by atoms with E-state index in [0.717, 1.165) is 16.8 Å². The zero-order valence-corrected chi connectivity index (χ0v) is 12.2. The molecule has 22 heavy (non-hydrogen) atoms. The number of benzene rings is 2. The van der Waals surface area contributed by atoms with E-state index in [1.807, 2.05) is 43.3 Å². The van der Waals surface area contributed by atoms with E-state index in [1.54, 1.807) is 12.1 Å². The lowest BCUT2D eigenvalue weighted by Crippen LogP contribution is -2.18. The van der Waals surface area contributed by atoms with Gasteiger partial charge in [-0.1, -0.05) is 12.1 Å². The Labute approximate surface area is 128 Å². The standard InChI is InChI=1S/C17H16N2O3/c1-2-21-13-7-9-14(10-8-13)22-11-17(20)19-12-18-15-5-3-4-6-16(15)19/h3-10,12H,2,11H2,1H3. The summed E-state index contributed by atoms with van der Waals surface area (Å²) >= 11 is 0. The molecule has 0 fully saturated rings. The number of hydrogen-bond acceptors (Lipinski definition) is 4. The second kappa shape index (κ2) is 6.30. The number of imidazole rings is 1. The van der Waals surface area contributed by atoms with E-state index in [0.29, 0.717) is 12.4 Å². The molecule has 1 aromatic heterocycles. The molecule has 0 radical (unpaired) electrons. The molecule has 0 N–H and O–H groups in total. The van der Waals surface area contributed by atoms with E-state index in [1.165, 1.54) is 10.9 Å². The summed E-state index contributed by atoms with van der Waals surface area (Å²) in [4.78, 5) is 16.4. The van der Waals surface area contributed by atoms with E-state index in [2.05, 4.69) is 4.98 Å². The first kappa shape index (κ1) is 14.1. The van der Waals surface area contributed by atoms with E-state index < -0.39 is 0 Å². The third-order valence-electron chi connectivity index (χ3n) is 3.22. The minimum absolute atomic E-state index is 0.0473. The van der Waals surface area contributed by atoms with Crippen molar-refractivity contribution in [2.24, 2.45) is 0 Å². The predicted octanol–water partition coefficient (Wildman–Crippen LogP) is 3.15. The first-order valence-corrected chi connectivity index (χ1v) is 7.09. The summed E-state index contributed by atoms with van der Waals surface area (Å²) in [6.45, 7) is 2.50. The molecule has 0 aliphatic rings. The van der Waals surface area contributed by atoms with Crippen molar-refractivity contribution >= 4 is 16.9 Å². The second-order valence-corrected chi connectivity index (χ2v) is 4.69. The van der Waals surface area contributed by atoms with E-state index >= 15 is 0 Å². The maximum atomic E-state index is 12.2. The Bertz CT molecular complexity index is 778. The van der Waals surface area contributed by atoms with Gasteiger partial charge < -0.3 is 9.47 Å². The first-order chi connectivity index (χ1) is 10.8. The maximum Gasteiger partial charge on any atom is 0.270 e.